The van der Waals surface area contributed by atoms with Crippen molar-refractivity contribution < 1.29 is 59.1 Å². The molecular weight excluding hydrogens is 1430 g/mol. The maximum absolute atomic E-state index is 12.8. The Bertz CT molecular complexity index is 3980. The van der Waals surface area contributed by atoms with E-state index in [0.29, 0.717) is 106 Å². The first-order valence-corrected chi connectivity index (χ1v) is 36.9. The van der Waals surface area contributed by atoms with Crippen LogP contribution in [-0.4, -0.2) is 142 Å². The summed E-state index contributed by atoms with van der Waals surface area (Å²) in [6.45, 7) is 21.2. The molecule has 3 radical (unpaired) electrons. The minimum Gasteiger partial charge on any atom is -1.00 e. The molecule has 6 heterocycles. The zero-order valence-electron chi connectivity index (χ0n) is 61.5. The minimum absolute atomic E-state index is 0. The third-order valence-electron chi connectivity index (χ3n) is 20.9. The van der Waals surface area contributed by atoms with E-state index in [1.165, 1.54) is 20.0 Å². The van der Waals surface area contributed by atoms with Crippen molar-refractivity contribution in [2.75, 3.05) is 61.1 Å². The molecule has 3 saturated heterocycles. The van der Waals surface area contributed by atoms with Crippen LogP contribution in [0.15, 0.2) is 54.6 Å². The van der Waals surface area contributed by atoms with E-state index in [1.54, 1.807) is 30.3 Å². The SMILES string of the molecule is C.COC(=O)c1nc(-c2cccc(Cl)c2Cl)c(C)nc1N1CCC2(CCC[C@H]2NC(=O)OC(C)(C)C)CC1.Cc1nc(N2CCC3(CCC[C@H]3N)CC2)c(CO)nc1-c1cccc(Cl)c1Cl.Cc1nc(N2CCC3(CCC[C@H]3NC(=O)OC(C)(C)C)CC2)c(CO)nc1-c1cccc(Cl)c1Cl.[B].[H-].[Li+]. The second kappa shape index (κ2) is 35.5. The Hall–Kier alpha value is -5.41. The molecule has 3 spiro atoms. The smallest absolute Gasteiger partial charge is 1.00 e. The molecule has 12 rings (SSSR count). The zero-order valence-corrected chi connectivity index (χ0v) is 65.0. The molecule has 28 heteroatoms. The molecule has 3 atom stereocenters. The number of piperidine rings is 3. The summed E-state index contributed by atoms with van der Waals surface area (Å²) in [6.07, 6.45) is 14.8. The number of aryl methyl sites for hydroxylation is 3. The third-order valence-corrected chi connectivity index (χ3v) is 23.4. The average molecular weight is 1530 g/mol. The van der Waals surface area contributed by atoms with Crippen LogP contribution in [0.25, 0.3) is 33.8 Å². The number of hydrogen-bond acceptors (Lipinski definition) is 18. The second-order valence-electron chi connectivity index (χ2n) is 29.5. The number of halogens is 6. The first kappa shape index (κ1) is 84.8. The predicted octanol–water partition coefficient (Wildman–Crippen LogP) is 13.8. The molecule has 6 fully saturated rings. The molecule has 0 bridgehead atoms. The van der Waals surface area contributed by atoms with Gasteiger partial charge < -0.3 is 56.9 Å². The van der Waals surface area contributed by atoms with E-state index in [4.69, 9.17) is 114 Å². The van der Waals surface area contributed by atoms with Crippen LogP contribution in [0.3, 0.4) is 0 Å². The number of carbonyl (C=O) groups excluding carboxylic acids is 3. The zero-order chi connectivity index (χ0) is 72.2. The minimum atomic E-state index is -0.562. The number of esters is 1. The number of aliphatic hydroxyl groups is 2. The molecule has 20 nitrogen and oxygen atoms in total. The van der Waals surface area contributed by atoms with Crippen molar-refractivity contribution in [3.8, 4) is 33.8 Å². The van der Waals surface area contributed by atoms with Gasteiger partial charge in [0.15, 0.2) is 23.1 Å². The fourth-order valence-electron chi connectivity index (χ4n) is 15.7. The molecule has 553 valence electrons. The summed E-state index contributed by atoms with van der Waals surface area (Å²) in [6, 6.07) is 16.6. The van der Waals surface area contributed by atoms with E-state index in [-0.39, 0.29) is 95.5 Å². The molecule has 6 aliphatic rings. The summed E-state index contributed by atoms with van der Waals surface area (Å²) in [4.78, 5) is 72.8. The maximum Gasteiger partial charge on any atom is 1.00 e. The number of rotatable bonds is 11. The number of nitrogens with two attached hydrogens (primary N) is 1. The number of benzene rings is 3. The summed E-state index contributed by atoms with van der Waals surface area (Å²) < 4.78 is 16.1. The second-order valence-corrected chi connectivity index (χ2v) is 31.9. The third kappa shape index (κ3) is 19.3. The van der Waals surface area contributed by atoms with Crippen LogP contribution in [0.1, 0.15) is 186 Å². The summed E-state index contributed by atoms with van der Waals surface area (Å²) in [7, 11) is 1.33. The largest absolute Gasteiger partial charge is 1.00 e. The van der Waals surface area contributed by atoms with Crippen LogP contribution >= 0.6 is 69.6 Å². The molecule has 6 aromatic rings. The number of amides is 2. The van der Waals surface area contributed by atoms with Crippen molar-refractivity contribution >= 4 is 114 Å². The van der Waals surface area contributed by atoms with E-state index in [0.717, 1.165) is 132 Å². The first-order valence-electron chi connectivity index (χ1n) is 34.7. The molecule has 3 saturated carbocycles. The van der Waals surface area contributed by atoms with Crippen molar-refractivity contribution in [3.05, 3.63) is 119 Å². The van der Waals surface area contributed by atoms with Crippen molar-refractivity contribution in [2.45, 2.75) is 209 Å². The summed E-state index contributed by atoms with van der Waals surface area (Å²) in [5.74, 6) is 1.41. The van der Waals surface area contributed by atoms with Gasteiger partial charge in [0.2, 0.25) is 0 Å². The van der Waals surface area contributed by atoms with Gasteiger partial charge in [-0.05, 0) is 174 Å². The van der Waals surface area contributed by atoms with E-state index in [9.17, 15) is 24.6 Å². The van der Waals surface area contributed by atoms with Gasteiger partial charge in [-0.25, -0.2) is 44.3 Å². The summed E-state index contributed by atoms with van der Waals surface area (Å²) in [5, 5.41) is 28.9. The number of aliphatic hydroxyl groups excluding tert-OH is 2. The number of nitrogens with one attached hydrogen (secondary N) is 2. The van der Waals surface area contributed by atoms with Crippen molar-refractivity contribution in [3.63, 3.8) is 0 Å². The molecule has 3 aromatic heterocycles. The molecule has 0 unspecified atom stereocenters. The summed E-state index contributed by atoms with van der Waals surface area (Å²) in [5.41, 5.74) is 12.9. The number of carbonyl (C=O) groups is 3. The van der Waals surface area contributed by atoms with E-state index in [2.05, 4.69) is 30.3 Å². The fraction of sp³-hybridized carbons (Fsp3) is 0.560. The maximum atomic E-state index is 12.8. The van der Waals surface area contributed by atoms with Crippen LogP contribution in [0.4, 0.5) is 27.0 Å². The van der Waals surface area contributed by atoms with Crippen LogP contribution in [0.5, 0.6) is 0 Å². The Labute approximate surface area is 652 Å². The molecule has 6 N–H and O–H groups in total. The van der Waals surface area contributed by atoms with Gasteiger partial charge in [0.25, 0.3) is 0 Å². The normalized spacial score (nSPS) is 19.4. The number of ether oxygens (including phenoxy) is 3. The number of methoxy groups -OCH3 is 1. The number of anilines is 3. The molecule has 3 aromatic carbocycles. The van der Waals surface area contributed by atoms with Gasteiger partial charge in [-0.2, -0.15) is 0 Å². The molecule has 3 aliphatic carbocycles. The van der Waals surface area contributed by atoms with Crippen LogP contribution < -0.4 is 49.9 Å². The van der Waals surface area contributed by atoms with Gasteiger partial charge in [-0.1, -0.05) is 133 Å². The topological polar surface area (TPSA) is 256 Å². The molecular formula is C75H99BCl6LiN12O8. The number of alkyl carbamates (subject to hydrolysis) is 2. The Morgan fingerprint density at radius 2 is 0.845 bits per heavy atom. The molecule has 2 amide bonds. The van der Waals surface area contributed by atoms with Gasteiger partial charge in [0, 0.05) is 82.5 Å². The Balaban J connectivity index is 0.000000242. The fourth-order valence-corrected chi connectivity index (χ4v) is 16.9. The Morgan fingerprint density at radius 1 is 0.524 bits per heavy atom. The van der Waals surface area contributed by atoms with E-state index in [1.807, 2.05) is 86.6 Å². The molecule has 103 heavy (non-hydrogen) atoms. The van der Waals surface area contributed by atoms with Crippen molar-refractivity contribution in [2.24, 2.45) is 22.0 Å². The van der Waals surface area contributed by atoms with Crippen LogP contribution in [-0.2, 0) is 27.4 Å². The monoisotopic (exact) mass is 1520 g/mol. The van der Waals surface area contributed by atoms with E-state index >= 15 is 0 Å². The van der Waals surface area contributed by atoms with Crippen LogP contribution in [0, 0.1) is 37.0 Å². The van der Waals surface area contributed by atoms with Crippen molar-refractivity contribution in [1.82, 2.24) is 40.5 Å². The van der Waals surface area contributed by atoms with Gasteiger partial charge in [-0.15, -0.1) is 0 Å². The number of aromatic nitrogens is 6. The summed E-state index contributed by atoms with van der Waals surface area (Å²) >= 11 is 37.8. The number of hydrogen-bond donors (Lipinski definition) is 5. The first-order chi connectivity index (χ1) is 47.4. The van der Waals surface area contributed by atoms with Crippen LogP contribution in [0.2, 0.25) is 30.1 Å². The van der Waals surface area contributed by atoms with Crippen molar-refractivity contribution in [1.29, 1.82) is 0 Å². The predicted molar refractivity (Wildman–Crippen MR) is 411 cm³/mol. The standard InChI is InChI=1S/C27H34Cl2N4O4.C26H34Cl2N4O3.C21H26Cl2N4O.CH4.B.Li.H/c1-16-21(17-8-6-9-18(28)20(17)29)32-22(24(34)36-5)23(30-16)33-14-12-27(13-15-33)11-7-10-19(27)31-25(35)37-26(2,3)4;1-16-22(17-7-5-8-18(27)21(17)28)30-19(15-33)23(29-16)32-13-11-26(12-14-32)10-6-9-20(26)31-24(34)35-25(2,3)4;1-13-19(14-4-2-5-15(22)18(14)23)26-16(12-28)20(25-13)27-10-8-21(9-11-27)7-3-6-17(21)24;;;;/h6,8-9,19H,7,10-15H2,1-5H3,(H,31,35);5,7-8,20,33H,6,9-15H2,1-4H3,(H,31,34);2,4-5,17,28H,3,6-12,24H2,1H3;1H4;;;/q;;;;;+1;-1/t19-;20-;17-;;;;/m111..../s1. The Kier molecular flexibility index (Phi) is 29.3. The van der Waals surface area contributed by atoms with Gasteiger partial charge in [0.05, 0.1) is 84.6 Å². The van der Waals surface area contributed by atoms with E-state index < -0.39 is 17.2 Å². The molecule has 3 aliphatic heterocycles. The van der Waals surface area contributed by atoms with Gasteiger partial charge >= 0.3 is 37.0 Å². The Morgan fingerprint density at radius 3 is 1.17 bits per heavy atom. The average Bonchev–Trinajstić information content (AvgIpc) is 1.32. The van der Waals surface area contributed by atoms with Gasteiger partial charge in [-0.3, -0.25) is 0 Å². The number of nitrogens with zero attached hydrogens (tertiary/aromatic N) is 9. The quantitative estimate of drug-likeness (QED) is 0.0459. The van der Waals surface area contributed by atoms with Gasteiger partial charge in [0.1, 0.15) is 22.6 Å².